The van der Waals surface area contributed by atoms with Gasteiger partial charge in [0.05, 0.1) is 5.52 Å². The monoisotopic (exact) mass is 207 g/mol. The van der Waals surface area contributed by atoms with E-state index in [1.54, 1.807) is 12.4 Å². The highest BCUT2D eigenvalue weighted by molar-refractivity contribution is 9.10. The number of halogens is 1. The van der Waals surface area contributed by atoms with Gasteiger partial charge in [0.25, 0.3) is 0 Å². The normalized spacial score (nSPS) is 10.3. The second kappa shape index (κ2) is 2.58. The number of pyridine rings is 2. The van der Waals surface area contributed by atoms with E-state index in [1.807, 2.05) is 12.1 Å². The number of hydrogen-bond acceptors (Lipinski definition) is 2. The number of nitrogens with zero attached hydrogens (tertiary/aromatic N) is 2. The molecule has 0 amide bonds. The first-order valence-electron chi connectivity index (χ1n) is 3.14. The fourth-order valence-corrected chi connectivity index (χ4v) is 1.24. The molecular formula is C8H4BrN2. The molecule has 0 unspecified atom stereocenters. The molecule has 0 atom stereocenters. The van der Waals surface area contributed by atoms with Gasteiger partial charge in [0, 0.05) is 22.3 Å². The Balaban J connectivity index is 2.83. The first-order chi connectivity index (χ1) is 5.36. The summed E-state index contributed by atoms with van der Waals surface area (Å²) in [6.07, 6.45) is 6.24. The van der Waals surface area contributed by atoms with Gasteiger partial charge in [-0.3, -0.25) is 9.97 Å². The molecule has 0 N–H and O–H groups in total. The van der Waals surface area contributed by atoms with Crippen LogP contribution in [-0.2, 0) is 0 Å². The minimum absolute atomic E-state index is 0.802. The molecule has 0 fully saturated rings. The van der Waals surface area contributed by atoms with Crippen LogP contribution in [0.1, 0.15) is 0 Å². The van der Waals surface area contributed by atoms with Crippen LogP contribution in [0.15, 0.2) is 29.0 Å². The zero-order valence-corrected chi connectivity index (χ0v) is 7.17. The van der Waals surface area contributed by atoms with Crippen molar-refractivity contribution in [2.24, 2.45) is 0 Å². The largest absolute Gasteiger partial charge is 0.253 e. The summed E-state index contributed by atoms with van der Waals surface area (Å²) in [5.41, 5.74) is 0.802. The van der Waals surface area contributed by atoms with Crippen molar-refractivity contribution in [2.75, 3.05) is 0 Å². The summed E-state index contributed by atoms with van der Waals surface area (Å²) in [4.78, 5) is 7.96. The average molecular weight is 208 g/mol. The van der Waals surface area contributed by atoms with Gasteiger partial charge < -0.3 is 0 Å². The highest BCUT2D eigenvalue weighted by atomic mass is 79.9. The van der Waals surface area contributed by atoms with Crippen molar-refractivity contribution in [3.05, 3.63) is 35.2 Å². The van der Waals surface area contributed by atoms with Crippen LogP contribution in [0.25, 0.3) is 10.9 Å². The maximum atomic E-state index is 4.12. The average Bonchev–Trinajstić information content (AvgIpc) is 2.04. The fraction of sp³-hybridized carbons (Fsp3) is 0. The Labute approximate surface area is 72.4 Å². The van der Waals surface area contributed by atoms with Crippen LogP contribution in [0.2, 0.25) is 0 Å². The van der Waals surface area contributed by atoms with Gasteiger partial charge in [0.2, 0.25) is 0 Å². The molecule has 2 heterocycles. The van der Waals surface area contributed by atoms with Crippen molar-refractivity contribution in [2.45, 2.75) is 0 Å². The maximum absolute atomic E-state index is 4.12. The maximum Gasteiger partial charge on any atom is 0.117 e. The minimum atomic E-state index is 0.802. The standard InChI is InChI=1S/C8H4BrN2/c9-7-3-6-1-2-10-5-8(6)11-4-7/h1-4H. The molecule has 2 aromatic rings. The van der Waals surface area contributed by atoms with Gasteiger partial charge in [-0.2, -0.15) is 0 Å². The van der Waals surface area contributed by atoms with E-state index in [4.69, 9.17) is 0 Å². The van der Waals surface area contributed by atoms with E-state index in [-0.39, 0.29) is 0 Å². The molecule has 11 heavy (non-hydrogen) atoms. The topological polar surface area (TPSA) is 25.8 Å². The summed E-state index contributed by atoms with van der Waals surface area (Å²) in [5.74, 6) is 0. The van der Waals surface area contributed by atoms with Crippen LogP contribution in [-0.4, -0.2) is 9.97 Å². The molecule has 0 aliphatic carbocycles. The van der Waals surface area contributed by atoms with Gasteiger partial charge in [-0.25, -0.2) is 0 Å². The van der Waals surface area contributed by atoms with Crippen LogP contribution in [0.5, 0.6) is 0 Å². The summed E-state index contributed by atoms with van der Waals surface area (Å²) in [6, 6.07) is 3.89. The Morgan fingerprint density at radius 1 is 1.45 bits per heavy atom. The van der Waals surface area contributed by atoms with Crippen molar-refractivity contribution in [1.29, 1.82) is 0 Å². The second-order valence-electron chi connectivity index (χ2n) is 2.15. The van der Waals surface area contributed by atoms with Crippen LogP contribution in [0, 0.1) is 6.20 Å². The lowest BCUT2D eigenvalue weighted by atomic mass is 10.3. The fourth-order valence-electron chi connectivity index (χ4n) is 0.891. The van der Waals surface area contributed by atoms with Crippen molar-refractivity contribution < 1.29 is 0 Å². The molecule has 2 nitrogen and oxygen atoms in total. The van der Waals surface area contributed by atoms with Crippen LogP contribution < -0.4 is 0 Å². The number of fused-ring (bicyclic) bond motifs is 1. The third-order valence-electron chi connectivity index (χ3n) is 1.38. The lowest BCUT2D eigenvalue weighted by Crippen LogP contribution is -1.79. The van der Waals surface area contributed by atoms with E-state index in [0.29, 0.717) is 0 Å². The van der Waals surface area contributed by atoms with Crippen molar-refractivity contribution in [3.63, 3.8) is 0 Å². The molecule has 0 saturated heterocycles. The Bertz CT molecular complexity index is 387. The molecule has 0 aromatic carbocycles. The molecule has 0 aliphatic rings. The van der Waals surface area contributed by atoms with Crippen LogP contribution in [0.4, 0.5) is 0 Å². The molecular weight excluding hydrogens is 204 g/mol. The van der Waals surface area contributed by atoms with Crippen LogP contribution >= 0.6 is 15.9 Å². The summed E-state index contributed by atoms with van der Waals surface area (Å²) < 4.78 is 0.976. The third kappa shape index (κ3) is 1.24. The number of aromatic nitrogens is 2. The van der Waals surface area contributed by atoms with E-state index >= 15 is 0 Å². The highest BCUT2D eigenvalue weighted by Gasteiger charge is 1.93. The predicted molar refractivity (Wildman–Crippen MR) is 46.1 cm³/mol. The van der Waals surface area contributed by atoms with Crippen molar-refractivity contribution >= 4 is 26.8 Å². The summed E-state index contributed by atoms with van der Waals surface area (Å²) in [7, 11) is 0. The summed E-state index contributed by atoms with van der Waals surface area (Å²) >= 11 is 3.34. The Morgan fingerprint density at radius 3 is 3.27 bits per heavy atom. The van der Waals surface area contributed by atoms with Gasteiger partial charge >= 0.3 is 0 Å². The second-order valence-corrected chi connectivity index (χ2v) is 3.06. The van der Waals surface area contributed by atoms with Crippen molar-refractivity contribution in [3.8, 4) is 0 Å². The zero-order valence-electron chi connectivity index (χ0n) is 5.58. The van der Waals surface area contributed by atoms with E-state index in [2.05, 4.69) is 32.1 Å². The van der Waals surface area contributed by atoms with Crippen LogP contribution in [0.3, 0.4) is 0 Å². The SMILES string of the molecule is Brc1cnc2[c]nccc2c1. The van der Waals surface area contributed by atoms with Gasteiger partial charge in [0.1, 0.15) is 6.20 Å². The minimum Gasteiger partial charge on any atom is -0.253 e. The Kier molecular flexibility index (Phi) is 1.58. The molecule has 3 heteroatoms. The first kappa shape index (κ1) is 6.73. The molecule has 2 rings (SSSR count). The van der Waals surface area contributed by atoms with Gasteiger partial charge in [-0.15, -0.1) is 0 Å². The molecule has 0 saturated carbocycles. The molecule has 0 spiro atoms. The lowest BCUT2D eigenvalue weighted by Gasteiger charge is -1.93. The van der Waals surface area contributed by atoms with Crippen molar-refractivity contribution in [1.82, 2.24) is 9.97 Å². The quantitative estimate of drug-likeness (QED) is 0.663. The first-order valence-corrected chi connectivity index (χ1v) is 3.93. The van der Waals surface area contributed by atoms with E-state index in [1.165, 1.54) is 0 Å². The molecule has 1 radical (unpaired) electrons. The van der Waals surface area contributed by atoms with Gasteiger partial charge in [-0.05, 0) is 28.1 Å². The van der Waals surface area contributed by atoms with Gasteiger partial charge in [-0.1, -0.05) is 0 Å². The van der Waals surface area contributed by atoms with E-state index in [0.717, 1.165) is 15.4 Å². The Hall–Kier alpha value is -0.960. The summed E-state index contributed by atoms with van der Waals surface area (Å²) in [5, 5.41) is 1.05. The van der Waals surface area contributed by atoms with E-state index in [9.17, 15) is 0 Å². The number of rotatable bonds is 0. The third-order valence-corrected chi connectivity index (χ3v) is 1.82. The lowest BCUT2D eigenvalue weighted by molar-refractivity contribution is 1.29. The molecule has 53 valence electrons. The number of hydrogen-bond donors (Lipinski definition) is 0. The van der Waals surface area contributed by atoms with Gasteiger partial charge in [0.15, 0.2) is 0 Å². The summed E-state index contributed by atoms with van der Waals surface area (Å²) in [6.45, 7) is 0. The molecule has 0 bridgehead atoms. The Morgan fingerprint density at radius 2 is 2.36 bits per heavy atom. The molecule has 2 aromatic heterocycles. The highest BCUT2D eigenvalue weighted by Crippen LogP contribution is 2.14. The predicted octanol–water partition coefficient (Wildman–Crippen LogP) is 2.19. The smallest absolute Gasteiger partial charge is 0.117 e. The molecule has 0 aliphatic heterocycles. The van der Waals surface area contributed by atoms with E-state index < -0.39 is 0 Å². The zero-order chi connectivity index (χ0) is 7.68.